The Balaban J connectivity index is 1.81. The number of rotatable bonds is 6. The van der Waals surface area contributed by atoms with Crippen LogP contribution in [0.25, 0.3) is 17.0 Å². The van der Waals surface area contributed by atoms with Crippen LogP contribution >= 0.6 is 0 Å². The van der Waals surface area contributed by atoms with Gasteiger partial charge in [-0.25, -0.2) is 19.9 Å². The van der Waals surface area contributed by atoms with Crippen molar-refractivity contribution in [2.75, 3.05) is 23.8 Å². The van der Waals surface area contributed by atoms with Crippen molar-refractivity contribution in [3.05, 3.63) is 24.4 Å². The summed E-state index contributed by atoms with van der Waals surface area (Å²) in [7, 11) is 0. The monoisotopic (exact) mass is 380 g/mol. The van der Waals surface area contributed by atoms with Gasteiger partial charge in [-0.05, 0) is 18.9 Å². The zero-order valence-corrected chi connectivity index (χ0v) is 13.9. The molecule has 4 rings (SSSR count). The van der Waals surface area contributed by atoms with Gasteiger partial charge in [0.05, 0.1) is 6.61 Å². The summed E-state index contributed by atoms with van der Waals surface area (Å²) in [6, 6.07) is 1.62. The van der Waals surface area contributed by atoms with Crippen LogP contribution in [0.3, 0.4) is 0 Å². The highest BCUT2D eigenvalue weighted by atomic mass is 19.4. The molecule has 12 heteroatoms. The lowest BCUT2D eigenvalue weighted by Crippen LogP contribution is -2.15. The molecule has 0 radical (unpaired) electrons. The average Bonchev–Trinajstić information content (AvgIpc) is 3.34. The largest absolute Gasteiger partial charge is 0.451 e. The number of aromatic nitrogens is 6. The van der Waals surface area contributed by atoms with Gasteiger partial charge in [-0.15, -0.1) is 0 Å². The van der Waals surface area contributed by atoms with E-state index in [4.69, 9.17) is 5.11 Å². The first-order valence-electron chi connectivity index (χ1n) is 8.22. The van der Waals surface area contributed by atoms with E-state index in [9.17, 15) is 13.2 Å². The Bertz CT molecular complexity index is 969. The molecule has 0 amide bonds. The van der Waals surface area contributed by atoms with Crippen LogP contribution in [0.5, 0.6) is 0 Å². The van der Waals surface area contributed by atoms with Crippen LogP contribution in [0.4, 0.5) is 24.9 Å². The van der Waals surface area contributed by atoms with Crippen LogP contribution < -0.4 is 10.6 Å². The molecule has 0 aliphatic heterocycles. The number of halogens is 3. The molecule has 0 aromatic carbocycles. The van der Waals surface area contributed by atoms with Gasteiger partial charge in [0.25, 0.3) is 0 Å². The first kappa shape index (κ1) is 17.4. The van der Waals surface area contributed by atoms with Gasteiger partial charge in [0.2, 0.25) is 11.8 Å². The molecular weight excluding hydrogens is 365 g/mol. The molecule has 0 saturated heterocycles. The summed E-state index contributed by atoms with van der Waals surface area (Å²) >= 11 is 0. The fraction of sp³-hybridized carbons (Fsp3) is 0.400. The number of imidazole rings is 1. The van der Waals surface area contributed by atoms with E-state index in [1.807, 2.05) is 0 Å². The minimum absolute atomic E-state index is 0.00715. The van der Waals surface area contributed by atoms with Crippen molar-refractivity contribution in [1.29, 1.82) is 0 Å². The van der Waals surface area contributed by atoms with Crippen molar-refractivity contribution >= 4 is 22.9 Å². The van der Waals surface area contributed by atoms with Gasteiger partial charge in [0, 0.05) is 18.8 Å². The number of nitrogens with zero attached hydrogens (tertiary/aromatic N) is 6. The summed E-state index contributed by atoms with van der Waals surface area (Å²) in [5.41, 5.74) is 0.227. The Morgan fingerprint density at radius 3 is 2.70 bits per heavy atom. The maximum atomic E-state index is 13.3. The molecule has 1 aliphatic rings. The van der Waals surface area contributed by atoms with Crippen LogP contribution in [0.2, 0.25) is 0 Å². The number of alkyl halides is 3. The number of fused-ring (bicyclic) bond motifs is 1. The predicted octanol–water partition coefficient (Wildman–Crippen LogP) is 1.60. The highest BCUT2D eigenvalue weighted by molar-refractivity contribution is 5.84. The molecule has 0 atom stereocenters. The Morgan fingerprint density at radius 2 is 2.00 bits per heavy atom. The van der Waals surface area contributed by atoms with Gasteiger partial charge in [-0.2, -0.15) is 18.2 Å². The number of hydrogen-bond donors (Lipinski definition) is 3. The Morgan fingerprint density at radius 1 is 1.19 bits per heavy atom. The molecule has 3 N–H and O–H groups in total. The first-order valence-corrected chi connectivity index (χ1v) is 8.22. The summed E-state index contributed by atoms with van der Waals surface area (Å²) in [4.78, 5) is 19.7. The fourth-order valence-electron chi connectivity index (χ4n) is 2.45. The van der Waals surface area contributed by atoms with E-state index in [-0.39, 0.29) is 47.9 Å². The predicted molar refractivity (Wildman–Crippen MR) is 89.5 cm³/mol. The Kier molecular flexibility index (Phi) is 4.26. The average molecular weight is 380 g/mol. The van der Waals surface area contributed by atoms with Crippen molar-refractivity contribution in [3.8, 4) is 5.82 Å². The van der Waals surface area contributed by atoms with E-state index < -0.39 is 12.0 Å². The number of nitrogens with one attached hydrogen (secondary N) is 2. The second kappa shape index (κ2) is 6.61. The fourth-order valence-corrected chi connectivity index (χ4v) is 2.45. The molecule has 1 fully saturated rings. The van der Waals surface area contributed by atoms with Crippen LogP contribution in [0, 0.1) is 0 Å². The molecule has 142 valence electrons. The third-order valence-corrected chi connectivity index (χ3v) is 3.85. The molecule has 0 bridgehead atoms. The van der Waals surface area contributed by atoms with E-state index in [1.54, 1.807) is 0 Å². The highest BCUT2D eigenvalue weighted by Gasteiger charge is 2.37. The number of aliphatic hydroxyl groups is 1. The van der Waals surface area contributed by atoms with Gasteiger partial charge in [-0.1, -0.05) is 0 Å². The Hall–Kier alpha value is -3.02. The van der Waals surface area contributed by atoms with Crippen molar-refractivity contribution in [2.24, 2.45) is 0 Å². The lowest BCUT2D eigenvalue weighted by molar-refractivity contribution is -0.144. The van der Waals surface area contributed by atoms with E-state index in [2.05, 4.69) is 35.6 Å². The van der Waals surface area contributed by atoms with Crippen LogP contribution in [0.15, 0.2) is 18.6 Å². The maximum Gasteiger partial charge on any atom is 0.451 e. The summed E-state index contributed by atoms with van der Waals surface area (Å²) in [6.45, 7) is 0.129. The van der Waals surface area contributed by atoms with Crippen molar-refractivity contribution in [3.63, 3.8) is 0 Å². The molecule has 3 aromatic rings. The van der Waals surface area contributed by atoms with Gasteiger partial charge >= 0.3 is 6.18 Å². The molecule has 27 heavy (non-hydrogen) atoms. The third-order valence-electron chi connectivity index (χ3n) is 3.85. The van der Waals surface area contributed by atoms with E-state index in [0.717, 1.165) is 12.8 Å². The van der Waals surface area contributed by atoms with Crippen LogP contribution in [0.1, 0.15) is 18.7 Å². The lowest BCUT2D eigenvalue weighted by atomic mass is 10.4. The number of aliphatic hydroxyl groups excluding tert-OH is 1. The summed E-state index contributed by atoms with van der Waals surface area (Å²) < 4.78 is 41.1. The smallest absolute Gasteiger partial charge is 0.395 e. The van der Waals surface area contributed by atoms with E-state index >= 15 is 0 Å². The first-order chi connectivity index (χ1) is 13.0. The second-order valence-electron chi connectivity index (χ2n) is 5.99. The van der Waals surface area contributed by atoms with Gasteiger partial charge in [0.15, 0.2) is 17.0 Å². The highest BCUT2D eigenvalue weighted by Crippen LogP contribution is 2.32. The van der Waals surface area contributed by atoms with Gasteiger partial charge < -0.3 is 15.7 Å². The SMILES string of the molecule is OCCNc1nccc(-n2cnc3c(NC4CC4)nc(C(F)(F)F)nc32)n1. The summed E-state index contributed by atoms with van der Waals surface area (Å²) in [5, 5.41) is 14.6. The second-order valence-corrected chi connectivity index (χ2v) is 5.99. The maximum absolute atomic E-state index is 13.3. The molecule has 0 unspecified atom stereocenters. The standard InChI is InChI=1S/C15H15F3N8O/c16-15(17,18)13-24-11(22-8-1-2-8)10-12(25-13)26(7-21-10)9-3-4-19-14(23-9)20-5-6-27/h3-4,7-8,27H,1-2,5-6H2,(H,19,20,23)(H,22,24,25). The quantitative estimate of drug-likeness (QED) is 0.591. The molecule has 9 nitrogen and oxygen atoms in total. The van der Waals surface area contributed by atoms with Crippen molar-refractivity contribution in [1.82, 2.24) is 29.5 Å². The lowest BCUT2D eigenvalue weighted by Gasteiger charge is -2.11. The van der Waals surface area contributed by atoms with E-state index in [1.165, 1.54) is 23.2 Å². The number of hydrogen-bond acceptors (Lipinski definition) is 8. The molecule has 1 saturated carbocycles. The summed E-state index contributed by atoms with van der Waals surface area (Å²) in [6.07, 6.45) is -0.152. The van der Waals surface area contributed by atoms with Crippen molar-refractivity contribution in [2.45, 2.75) is 25.1 Å². The minimum Gasteiger partial charge on any atom is -0.395 e. The van der Waals surface area contributed by atoms with Gasteiger partial charge in [-0.3, -0.25) is 4.57 Å². The molecule has 1 aliphatic carbocycles. The zero-order chi connectivity index (χ0) is 19.0. The normalized spacial score (nSPS) is 14.5. The van der Waals surface area contributed by atoms with Crippen LogP contribution in [-0.4, -0.2) is 53.8 Å². The minimum atomic E-state index is -4.69. The van der Waals surface area contributed by atoms with E-state index in [0.29, 0.717) is 0 Å². The number of anilines is 2. The zero-order valence-electron chi connectivity index (χ0n) is 13.9. The molecule has 0 spiro atoms. The Labute approximate surface area is 150 Å². The van der Waals surface area contributed by atoms with Crippen LogP contribution in [-0.2, 0) is 6.18 Å². The summed E-state index contributed by atoms with van der Waals surface area (Å²) in [5.74, 6) is -0.671. The molecule has 3 heterocycles. The van der Waals surface area contributed by atoms with Crippen molar-refractivity contribution < 1.29 is 18.3 Å². The third kappa shape index (κ3) is 3.60. The molecular formula is C15H15F3N8O. The van der Waals surface area contributed by atoms with Gasteiger partial charge in [0.1, 0.15) is 12.1 Å². The molecule has 3 aromatic heterocycles. The topological polar surface area (TPSA) is 114 Å².